The van der Waals surface area contributed by atoms with E-state index in [2.05, 4.69) is 34.6 Å². The summed E-state index contributed by atoms with van der Waals surface area (Å²) in [4.78, 5) is 38.0. The second-order valence-electron chi connectivity index (χ2n) is 19.1. The van der Waals surface area contributed by atoms with Gasteiger partial charge in [-0.05, 0) is 31.1 Å². The predicted octanol–water partition coefficient (Wildman–Crippen LogP) is 16.9. The molecule has 59 heavy (non-hydrogen) atoms. The first-order chi connectivity index (χ1) is 28.7. The van der Waals surface area contributed by atoms with Crippen LogP contribution < -0.4 is 0 Å². The minimum absolute atomic E-state index is 0.0636. The van der Waals surface area contributed by atoms with E-state index in [0.717, 1.165) is 69.6 Å². The van der Waals surface area contributed by atoms with Crippen molar-refractivity contribution in [2.45, 2.75) is 298 Å². The average Bonchev–Trinajstić information content (AvgIpc) is 3.20. The molecule has 1 atom stereocenters. The van der Waals surface area contributed by atoms with Gasteiger partial charge in [0.25, 0.3) is 0 Å². The number of unbranched alkanes of at least 4 members (excludes halogenated alkanes) is 32. The lowest BCUT2D eigenvalue weighted by atomic mass is 10.0. The Morgan fingerprint density at radius 2 is 0.559 bits per heavy atom. The van der Waals surface area contributed by atoms with Crippen molar-refractivity contribution < 1.29 is 28.6 Å². The number of hydrogen-bond donors (Lipinski definition) is 0. The first-order valence-electron chi connectivity index (χ1n) is 26.2. The topological polar surface area (TPSA) is 78.9 Å². The van der Waals surface area contributed by atoms with Gasteiger partial charge in [-0.2, -0.15) is 0 Å². The van der Waals surface area contributed by atoms with Crippen LogP contribution >= 0.6 is 0 Å². The maximum Gasteiger partial charge on any atom is 0.306 e. The number of carbonyl (C=O) groups is 3. The molecule has 0 fully saturated rings. The van der Waals surface area contributed by atoms with E-state index in [4.69, 9.17) is 14.2 Å². The molecular formula is C53H102O6. The smallest absolute Gasteiger partial charge is 0.306 e. The molecule has 0 saturated carbocycles. The first-order valence-corrected chi connectivity index (χ1v) is 26.2. The number of hydrogen-bond acceptors (Lipinski definition) is 6. The van der Waals surface area contributed by atoms with Gasteiger partial charge in [0.2, 0.25) is 0 Å². The molecule has 6 nitrogen and oxygen atoms in total. The molecule has 0 amide bonds. The van der Waals surface area contributed by atoms with Crippen molar-refractivity contribution in [1.29, 1.82) is 0 Å². The molecule has 0 bridgehead atoms. The Morgan fingerprint density at radius 3 is 0.831 bits per heavy atom. The molecule has 0 radical (unpaired) electrons. The summed E-state index contributed by atoms with van der Waals surface area (Å²) < 4.78 is 16.8. The molecule has 0 aromatic rings. The second kappa shape index (κ2) is 45.9. The second-order valence-corrected chi connectivity index (χ2v) is 19.1. The molecule has 0 aliphatic heterocycles. The van der Waals surface area contributed by atoms with E-state index in [9.17, 15) is 14.4 Å². The van der Waals surface area contributed by atoms with Crippen molar-refractivity contribution in [3.05, 3.63) is 0 Å². The highest BCUT2D eigenvalue weighted by molar-refractivity contribution is 5.71. The van der Waals surface area contributed by atoms with Crippen molar-refractivity contribution in [3.63, 3.8) is 0 Å². The summed E-state index contributed by atoms with van der Waals surface area (Å²) in [6, 6.07) is 0. The van der Waals surface area contributed by atoms with Gasteiger partial charge in [-0.1, -0.05) is 253 Å². The van der Waals surface area contributed by atoms with Gasteiger partial charge in [0.05, 0.1) is 0 Å². The Balaban J connectivity index is 4.31. The highest BCUT2D eigenvalue weighted by Crippen LogP contribution is 2.17. The summed E-state index contributed by atoms with van der Waals surface area (Å²) >= 11 is 0. The van der Waals surface area contributed by atoms with Crippen molar-refractivity contribution in [2.24, 2.45) is 11.8 Å². The highest BCUT2D eigenvalue weighted by Gasteiger charge is 2.19. The zero-order chi connectivity index (χ0) is 43.3. The van der Waals surface area contributed by atoms with Crippen LogP contribution in [-0.2, 0) is 28.6 Å². The summed E-state index contributed by atoms with van der Waals surface area (Å²) in [5.74, 6) is 0.803. The van der Waals surface area contributed by atoms with Crippen LogP contribution in [0, 0.1) is 11.8 Å². The van der Waals surface area contributed by atoms with Gasteiger partial charge in [-0.25, -0.2) is 0 Å². The van der Waals surface area contributed by atoms with Crippen LogP contribution in [0.3, 0.4) is 0 Å². The zero-order valence-corrected chi connectivity index (χ0v) is 40.4. The Morgan fingerprint density at radius 1 is 0.322 bits per heavy atom. The fourth-order valence-corrected chi connectivity index (χ4v) is 7.99. The molecule has 0 unspecified atom stereocenters. The third kappa shape index (κ3) is 47.3. The van der Waals surface area contributed by atoms with Gasteiger partial charge < -0.3 is 14.2 Å². The minimum atomic E-state index is -0.761. The van der Waals surface area contributed by atoms with Crippen LogP contribution in [0.15, 0.2) is 0 Å². The van der Waals surface area contributed by atoms with Crippen LogP contribution in [0.5, 0.6) is 0 Å². The lowest BCUT2D eigenvalue weighted by molar-refractivity contribution is -0.167. The number of carbonyl (C=O) groups excluding carboxylic acids is 3. The minimum Gasteiger partial charge on any atom is -0.462 e. The molecule has 350 valence electrons. The SMILES string of the molecule is CCCCCCCCCCCCCCCC(=O)OC[C@H](COC(=O)CCCCCCCCCCCCCCC(C)C)OC(=O)CCCCCCCCCCCCC(C)C. The number of ether oxygens (including phenoxy) is 3. The predicted molar refractivity (Wildman–Crippen MR) is 252 cm³/mol. The maximum atomic E-state index is 12.8. The number of esters is 3. The maximum absolute atomic E-state index is 12.8. The van der Waals surface area contributed by atoms with Gasteiger partial charge in [-0.15, -0.1) is 0 Å². The van der Waals surface area contributed by atoms with Gasteiger partial charge in [0, 0.05) is 19.3 Å². The molecule has 0 aromatic carbocycles. The fraction of sp³-hybridized carbons (Fsp3) is 0.943. The molecule has 0 rings (SSSR count). The lowest BCUT2D eigenvalue weighted by Crippen LogP contribution is -2.30. The zero-order valence-electron chi connectivity index (χ0n) is 40.4. The van der Waals surface area contributed by atoms with E-state index in [1.165, 1.54) is 180 Å². The third-order valence-corrected chi connectivity index (χ3v) is 12.0. The van der Waals surface area contributed by atoms with Gasteiger partial charge >= 0.3 is 17.9 Å². The van der Waals surface area contributed by atoms with Gasteiger partial charge in [0.15, 0.2) is 6.10 Å². The average molecular weight is 835 g/mol. The van der Waals surface area contributed by atoms with Crippen LogP contribution in [0.4, 0.5) is 0 Å². The van der Waals surface area contributed by atoms with E-state index in [1.54, 1.807) is 0 Å². The number of rotatable bonds is 47. The molecule has 0 spiro atoms. The Bertz CT molecular complexity index is 900. The van der Waals surface area contributed by atoms with E-state index in [0.29, 0.717) is 19.3 Å². The lowest BCUT2D eigenvalue weighted by Gasteiger charge is -2.18. The Hall–Kier alpha value is -1.59. The molecule has 0 aliphatic carbocycles. The third-order valence-electron chi connectivity index (χ3n) is 12.0. The van der Waals surface area contributed by atoms with Crippen LogP contribution in [0.1, 0.15) is 291 Å². The Kier molecular flexibility index (Phi) is 44.7. The molecule has 0 N–H and O–H groups in total. The summed E-state index contributed by atoms with van der Waals surface area (Å²) in [6.07, 6.45) is 46.6. The summed E-state index contributed by atoms with van der Waals surface area (Å²) in [6.45, 7) is 11.4. The van der Waals surface area contributed by atoms with Crippen molar-refractivity contribution in [2.75, 3.05) is 13.2 Å². The largest absolute Gasteiger partial charge is 0.462 e. The van der Waals surface area contributed by atoms with Crippen molar-refractivity contribution in [1.82, 2.24) is 0 Å². The molecular weight excluding hydrogens is 733 g/mol. The fourth-order valence-electron chi connectivity index (χ4n) is 7.99. The normalized spacial score (nSPS) is 12.1. The monoisotopic (exact) mass is 835 g/mol. The summed E-state index contributed by atoms with van der Waals surface area (Å²) in [5.41, 5.74) is 0. The standard InChI is InChI=1S/C53H102O6/c1-6-7-8-9-10-11-12-13-17-23-28-33-38-43-51(54)57-46-50(59-53(56)45-40-35-30-25-20-19-22-27-32-37-42-49(4)5)47-58-52(55)44-39-34-29-24-18-15-14-16-21-26-31-36-41-48(2)3/h48-50H,6-47H2,1-5H3/t50-/m1/s1. The molecule has 0 heterocycles. The summed E-state index contributed by atoms with van der Waals surface area (Å²) in [5, 5.41) is 0. The van der Waals surface area contributed by atoms with Crippen LogP contribution in [0.25, 0.3) is 0 Å². The quantitative estimate of drug-likeness (QED) is 0.0345. The van der Waals surface area contributed by atoms with E-state index < -0.39 is 6.10 Å². The molecule has 0 aromatic heterocycles. The molecule has 6 heteroatoms. The first kappa shape index (κ1) is 57.4. The van der Waals surface area contributed by atoms with E-state index >= 15 is 0 Å². The molecule has 0 saturated heterocycles. The van der Waals surface area contributed by atoms with Gasteiger partial charge in [0.1, 0.15) is 13.2 Å². The van der Waals surface area contributed by atoms with Crippen molar-refractivity contribution in [3.8, 4) is 0 Å². The van der Waals surface area contributed by atoms with Crippen LogP contribution in [-0.4, -0.2) is 37.2 Å². The summed E-state index contributed by atoms with van der Waals surface area (Å²) in [7, 11) is 0. The van der Waals surface area contributed by atoms with Crippen molar-refractivity contribution >= 4 is 17.9 Å². The van der Waals surface area contributed by atoms with E-state index in [-0.39, 0.29) is 31.1 Å². The van der Waals surface area contributed by atoms with Crippen LogP contribution in [0.2, 0.25) is 0 Å². The van der Waals surface area contributed by atoms with E-state index in [1.807, 2.05) is 0 Å². The van der Waals surface area contributed by atoms with Gasteiger partial charge in [-0.3, -0.25) is 14.4 Å². The molecule has 0 aliphatic rings. The Labute approximate surface area is 368 Å². The highest BCUT2D eigenvalue weighted by atomic mass is 16.6.